The summed E-state index contributed by atoms with van der Waals surface area (Å²) in [6, 6.07) is 6.41. The predicted molar refractivity (Wildman–Crippen MR) is 93.1 cm³/mol. The van der Waals surface area contributed by atoms with E-state index >= 15 is 0 Å². The number of aromatic nitrogens is 2. The van der Waals surface area contributed by atoms with Gasteiger partial charge < -0.3 is 5.32 Å². The lowest BCUT2D eigenvalue weighted by molar-refractivity contribution is 0.628. The van der Waals surface area contributed by atoms with Gasteiger partial charge in [0, 0.05) is 17.0 Å². The van der Waals surface area contributed by atoms with Crippen LogP contribution in [0.4, 0.5) is 15.9 Å². The van der Waals surface area contributed by atoms with Crippen LogP contribution >= 0.6 is 11.3 Å². The van der Waals surface area contributed by atoms with Crippen LogP contribution in [0.15, 0.2) is 24.3 Å². The predicted octanol–water partition coefficient (Wildman–Crippen LogP) is 5.02. The van der Waals surface area contributed by atoms with Crippen LogP contribution in [0.2, 0.25) is 0 Å². The summed E-state index contributed by atoms with van der Waals surface area (Å²) in [5, 5.41) is 4.53. The molecule has 0 fully saturated rings. The molecule has 2 heterocycles. The zero-order valence-electron chi connectivity index (χ0n) is 13.0. The third-order valence-electron chi connectivity index (χ3n) is 4.28. The fraction of sp³-hybridized carbons (Fsp3) is 0.333. The van der Waals surface area contributed by atoms with E-state index in [0.717, 1.165) is 46.8 Å². The van der Waals surface area contributed by atoms with Gasteiger partial charge in [-0.2, -0.15) is 0 Å². The van der Waals surface area contributed by atoms with Gasteiger partial charge in [0.25, 0.3) is 0 Å². The van der Waals surface area contributed by atoms with Gasteiger partial charge in [0.2, 0.25) is 0 Å². The molecule has 0 bridgehead atoms. The maximum absolute atomic E-state index is 13.1. The average Bonchev–Trinajstić information content (AvgIpc) is 2.95. The molecule has 1 aliphatic rings. The number of rotatable bonds is 3. The van der Waals surface area contributed by atoms with Crippen LogP contribution in [-0.4, -0.2) is 9.97 Å². The minimum Gasteiger partial charge on any atom is -0.340 e. The van der Waals surface area contributed by atoms with E-state index in [1.807, 2.05) is 0 Å². The molecule has 0 amide bonds. The number of fused-ring (bicyclic) bond motifs is 3. The summed E-state index contributed by atoms with van der Waals surface area (Å²) >= 11 is 1.81. The Kier molecular flexibility index (Phi) is 3.73. The van der Waals surface area contributed by atoms with Crippen molar-refractivity contribution in [3.05, 3.63) is 46.3 Å². The van der Waals surface area contributed by atoms with Gasteiger partial charge in [-0.25, -0.2) is 14.4 Å². The van der Waals surface area contributed by atoms with Gasteiger partial charge in [0.05, 0.1) is 5.39 Å². The molecule has 0 atom stereocenters. The van der Waals surface area contributed by atoms with Gasteiger partial charge in [-0.3, -0.25) is 0 Å². The van der Waals surface area contributed by atoms with Crippen LogP contribution < -0.4 is 5.32 Å². The molecule has 0 aliphatic heterocycles. The Balaban J connectivity index is 1.85. The Morgan fingerprint density at radius 3 is 2.70 bits per heavy atom. The van der Waals surface area contributed by atoms with Crippen molar-refractivity contribution in [2.45, 2.75) is 39.0 Å². The smallest absolute Gasteiger partial charge is 0.143 e. The van der Waals surface area contributed by atoms with Crippen molar-refractivity contribution < 1.29 is 4.39 Å². The second-order valence-corrected chi connectivity index (χ2v) is 6.95. The molecule has 0 radical (unpaired) electrons. The number of anilines is 2. The third kappa shape index (κ3) is 2.70. The monoisotopic (exact) mass is 327 g/mol. The highest BCUT2D eigenvalue weighted by Gasteiger charge is 2.21. The summed E-state index contributed by atoms with van der Waals surface area (Å²) in [6.07, 6.45) is 5.53. The molecular formula is C18H18FN3S. The Morgan fingerprint density at radius 1 is 1.13 bits per heavy atom. The summed E-state index contributed by atoms with van der Waals surface area (Å²) in [5.41, 5.74) is 2.26. The van der Waals surface area contributed by atoms with Gasteiger partial charge in [0.15, 0.2) is 0 Å². The Morgan fingerprint density at radius 2 is 1.91 bits per heavy atom. The third-order valence-corrected chi connectivity index (χ3v) is 5.47. The minimum absolute atomic E-state index is 0.231. The molecule has 5 heteroatoms. The summed E-state index contributed by atoms with van der Waals surface area (Å²) in [4.78, 5) is 12.0. The molecule has 1 N–H and O–H groups in total. The highest BCUT2D eigenvalue weighted by Crippen LogP contribution is 2.39. The van der Waals surface area contributed by atoms with Gasteiger partial charge in [-0.05, 0) is 55.5 Å². The van der Waals surface area contributed by atoms with Crippen LogP contribution in [-0.2, 0) is 19.3 Å². The zero-order chi connectivity index (χ0) is 15.8. The van der Waals surface area contributed by atoms with Crippen LogP contribution in [0.25, 0.3) is 10.2 Å². The lowest BCUT2D eigenvalue weighted by atomic mass is 9.97. The molecule has 118 valence electrons. The van der Waals surface area contributed by atoms with Crippen molar-refractivity contribution in [1.29, 1.82) is 0 Å². The number of nitrogens with zero attached hydrogens (tertiary/aromatic N) is 2. The van der Waals surface area contributed by atoms with Crippen molar-refractivity contribution in [2.24, 2.45) is 0 Å². The van der Waals surface area contributed by atoms with Crippen LogP contribution in [0.3, 0.4) is 0 Å². The summed E-state index contributed by atoms with van der Waals surface area (Å²) < 4.78 is 13.1. The van der Waals surface area contributed by atoms with E-state index in [-0.39, 0.29) is 5.82 Å². The first-order chi connectivity index (χ1) is 11.2. The van der Waals surface area contributed by atoms with E-state index in [2.05, 4.69) is 12.2 Å². The molecule has 0 unspecified atom stereocenters. The Hall–Kier alpha value is -2.01. The molecule has 0 saturated heterocycles. The number of thiophene rings is 1. The molecule has 3 aromatic rings. The normalized spacial score (nSPS) is 14.0. The molecule has 3 nitrogen and oxygen atoms in total. The van der Waals surface area contributed by atoms with Gasteiger partial charge >= 0.3 is 0 Å². The standard InChI is InChI=1S/C18H18FN3S/c1-2-15-21-17(20-12-9-7-11(19)8-10-12)16-13-5-3-4-6-14(13)23-18(16)22-15/h7-10H,2-6H2,1H3,(H,20,21,22). The van der Waals surface area contributed by atoms with Crippen LogP contribution in [0.5, 0.6) is 0 Å². The number of hydrogen-bond donors (Lipinski definition) is 1. The molecule has 0 saturated carbocycles. The largest absolute Gasteiger partial charge is 0.340 e. The lowest BCUT2D eigenvalue weighted by Crippen LogP contribution is -2.03. The van der Waals surface area contributed by atoms with E-state index < -0.39 is 0 Å². The summed E-state index contributed by atoms with van der Waals surface area (Å²) in [6.45, 7) is 2.07. The van der Waals surface area contributed by atoms with E-state index in [1.54, 1.807) is 23.5 Å². The van der Waals surface area contributed by atoms with Crippen molar-refractivity contribution in [2.75, 3.05) is 5.32 Å². The fourth-order valence-electron chi connectivity index (χ4n) is 3.12. The second kappa shape index (κ2) is 5.89. The van der Waals surface area contributed by atoms with Crippen molar-refractivity contribution in [3.8, 4) is 0 Å². The van der Waals surface area contributed by atoms with Crippen molar-refractivity contribution in [3.63, 3.8) is 0 Å². The second-order valence-electron chi connectivity index (χ2n) is 5.86. The molecule has 2 aromatic heterocycles. The molecule has 0 spiro atoms. The first kappa shape index (κ1) is 14.6. The molecule has 1 aliphatic carbocycles. The SMILES string of the molecule is CCc1nc(Nc2ccc(F)cc2)c2c3c(sc2n1)CCCC3. The first-order valence-electron chi connectivity index (χ1n) is 8.08. The highest BCUT2D eigenvalue weighted by molar-refractivity contribution is 7.19. The fourth-order valence-corrected chi connectivity index (χ4v) is 4.40. The van der Waals surface area contributed by atoms with Gasteiger partial charge in [0.1, 0.15) is 22.3 Å². The van der Waals surface area contributed by atoms with E-state index in [0.29, 0.717) is 0 Å². The quantitative estimate of drug-likeness (QED) is 0.734. The van der Waals surface area contributed by atoms with E-state index in [9.17, 15) is 4.39 Å². The maximum Gasteiger partial charge on any atom is 0.143 e. The number of benzene rings is 1. The van der Waals surface area contributed by atoms with Gasteiger partial charge in [-0.15, -0.1) is 11.3 Å². The van der Waals surface area contributed by atoms with Gasteiger partial charge in [-0.1, -0.05) is 6.92 Å². The first-order valence-corrected chi connectivity index (χ1v) is 8.90. The number of aryl methyl sites for hydroxylation is 3. The topological polar surface area (TPSA) is 37.8 Å². The minimum atomic E-state index is -0.231. The van der Waals surface area contributed by atoms with Crippen molar-refractivity contribution >= 4 is 33.1 Å². The zero-order valence-corrected chi connectivity index (χ0v) is 13.8. The number of hydrogen-bond acceptors (Lipinski definition) is 4. The Labute approximate surface area is 138 Å². The highest BCUT2D eigenvalue weighted by atomic mass is 32.1. The van der Waals surface area contributed by atoms with Crippen LogP contribution in [0.1, 0.15) is 36.0 Å². The Bertz CT molecular complexity index is 855. The van der Waals surface area contributed by atoms with E-state index in [1.165, 1.54) is 35.4 Å². The maximum atomic E-state index is 13.1. The summed E-state index contributed by atoms with van der Waals surface area (Å²) in [7, 11) is 0. The molecule has 4 rings (SSSR count). The number of nitrogens with one attached hydrogen (secondary N) is 1. The van der Waals surface area contributed by atoms with Crippen LogP contribution in [0, 0.1) is 5.82 Å². The molecule has 23 heavy (non-hydrogen) atoms. The van der Waals surface area contributed by atoms with Crippen molar-refractivity contribution in [1.82, 2.24) is 9.97 Å². The number of halogens is 1. The van der Waals surface area contributed by atoms with E-state index in [4.69, 9.17) is 9.97 Å². The average molecular weight is 327 g/mol. The lowest BCUT2D eigenvalue weighted by Gasteiger charge is -2.13. The summed E-state index contributed by atoms with van der Waals surface area (Å²) in [5.74, 6) is 1.48. The molecular weight excluding hydrogens is 309 g/mol. The molecule has 1 aromatic carbocycles.